The largest absolute Gasteiger partial charge is 0.369 e. The molecule has 0 spiro atoms. The molecule has 0 aliphatic carbocycles. The topological polar surface area (TPSA) is 15.3 Å². The van der Waals surface area contributed by atoms with Crippen LogP contribution in [0.15, 0.2) is 18.2 Å². The van der Waals surface area contributed by atoms with Gasteiger partial charge in [0.2, 0.25) is 0 Å². The van der Waals surface area contributed by atoms with Crippen LogP contribution in [0.1, 0.15) is 32.3 Å². The van der Waals surface area contributed by atoms with Crippen LogP contribution >= 0.6 is 11.6 Å². The Morgan fingerprint density at radius 3 is 2.83 bits per heavy atom. The van der Waals surface area contributed by atoms with E-state index in [1.165, 1.54) is 18.5 Å². The van der Waals surface area contributed by atoms with Crippen LogP contribution in [-0.2, 0) is 0 Å². The Morgan fingerprint density at radius 2 is 2.22 bits per heavy atom. The fraction of sp³-hybridized carbons (Fsp3) is 0.600. The van der Waals surface area contributed by atoms with E-state index in [1.54, 1.807) is 0 Å². The first-order valence-corrected chi connectivity index (χ1v) is 7.25. The normalized spacial score (nSPS) is 24.3. The number of hydrogen-bond acceptors (Lipinski definition) is 2. The van der Waals surface area contributed by atoms with Gasteiger partial charge in [-0.1, -0.05) is 24.6 Å². The lowest BCUT2D eigenvalue weighted by Crippen LogP contribution is -2.47. The minimum atomic E-state index is 0.571. The third-order valence-electron chi connectivity index (χ3n) is 3.86. The lowest BCUT2D eigenvalue weighted by Gasteiger charge is -2.39. The second-order valence-electron chi connectivity index (χ2n) is 5.25. The van der Waals surface area contributed by atoms with Crippen molar-refractivity contribution in [3.8, 4) is 0 Å². The van der Waals surface area contributed by atoms with E-state index in [-0.39, 0.29) is 0 Å². The van der Waals surface area contributed by atoms with Gasteiger partial charge in [0, 0.05) is 29.3 Å². The summed E-state index contributed by atoms with van der Waals surface area (Å²) in [6.07, 6.45) is 2.42. The zero-order chi connectivity index (χ0) is 13.1. The summed E-state index contributed by atoms with van der Waals surface area (Å²) in [5.74, 6) is 0. The third kappa shape index (κ3) is 2.99. The van der Waals surface area contributed by atoms with Crippen LogP contribution in [0.25, 0.3) is 0 Å². The van der Waals surface area contributed by atoms with Crippen LogP contribution in [0.2, 0.25) is 5.02 Å². The number of aryl methyl sites for hydroxylation is 1. The minimum Gasteiger partial charge on any atom is -0.369 e. The number of anilines is 1. The number of piperidine rings is 1. The van der Waals surface area contributed by atoms with Gasteiger partial charge < -0.3 is 10.2 Å². The maximum absolute atomic E-state index is 6.22. The first kappa shape index (κ1) is 13.7. The zero-order valence-corrected chi connectivity index (χ0v) is 12.3. The Morgan fingerprint density at radius 1 is 1.44 bits per heavy atom. The van der Waals surface area contributed by atoms with E-state index in [2.05, 4.69) is 42.3 Å². The van der Waals surface area contributed by atoms with Crippen LogP contribution in [0.3, 0.4) is 0 Å². The van der Waals surface area contributed by atoms with Gasteiger partial charge in [0.1, 0.15) is 0 Å². The Labute approximate surface area is 115 Å². The van der Waals surface area contributed by atoms with Gasteiger partial charge in [-0.25, -0.2) is 0 Å². The Hall–Kier alpha value is -0.730. The molecule has 0 saturated carbocycles. The first-order valence-electron chi connectivity index (χ1n) is 6.88. The van der Waals surface area contributed by atoms with Crippen molar-refractivity contribution in [3.63, 3.8) is 0 Å². The summed E-state index contributed by atoms with van der Waals surface area (Å²) in [7, 11) is 0. The molecule has 0 aromatic heterocycles. The molecule has 18 heavy (non-hydrogen) atoms. The second kappa shape index (κ2) is 5.94. The molecule has 1 fully saturated rings. The van der Waals surface area contributed by atoms with Crippen molar-refractivity contribution in [1.29, 1.82) is 0 Å². The monoisotopic (exact) mass is 266 g/mol. The van der Waals surface area contributed by atoms with Gasteiger partial charge in [-0.3, -0.25) is 0 Å². The molecule has 1 aliphatic heterocycles. The average molecular weight is 267 g/mol. The maximum atomic E-state index is 6.22. The van der Waals surface area contributed by atoms with Crippen LogP contribution in [0.4, 0.5) is 5.69 Å². The summed E-state index contributed by atoms with van der Waals surface area (Å²) >= 11 is 6.22. The number of nitrogens with zero attached hydrogens (tertiary/aromatic N) is 1. The average Bonchev–Trinajstić information content (AvgIpc) is 2.34. The summed E-state index contributed by atoms with van der Waals surface area (Å²) in [6, 6.07) is 7.64. The van der Waals surface area contributed by atoms with Gasteiger partial charge in [-0.2, -0.15) is 0 Å². The van der Waals surface area contributed by atoms with Crippen LogP contribution < -0.4 is 10.2 Å². The molecule has 1 N–H and O–H groups in total. The molecule has 2 nitrogen and oxygen atoms in total. The molecule has 100 valence electrons. The fourth-order valence-corrected chi connectivity index (χ4v) is 2.97. The predicted octanol–water partition coefficient (Wildman–Crippen LogP) is 3.62. The van der Waals surface area contributed by atoms with E-state index in [0.29, 0.717) is 12.1 Å². The minimum absolute atomic E-state index is 0.571. The predicted molar refractivity (Wildman–Crippen MR) is 79.7 cm³/mol. The van der Waals surface area contributed by atoms with Crippen molar-refractivity contribution in [1.82, 2.24) is 5.32 Å². The molecule has 2 rings (SSSR count). The number of benzene rings is 1. The molecule has 1 aromatic carbocycles. The molecule has 1 aromatic rings. The van der Waals surface area contributed by atoms with Crippen molar-refractivity contribution >= 4 is 17.3 Å². The molecule has 1 aliphatic rings. The van der Waals surface area contributed by atoms with E-state index >= 15 is 0 Å². The van der Waals surface area contributed by atoms with E-state index in [4.69, 9.17) is 11.6 Å². The summed E-state index contributed by atoms with van der Waals surface area (Å²) in [6.45, 7) is 8.70. The first-order chi connectivity index (χ1) is 8.61. The Balaban J connectivity index is 2.08. The summed E-state index contributed by atoms with van der Waals surface area (Å²) in [5.41, 5.74) is 2.41. The zero-order valence-electron chi connectivity index (χ0n) is 11.5. The van der Waals surface area contributed by atoms with Crippen molar-refractivity contribution in [2.75, 3.05) is 18.0 Å². The number of rotatable bonds is 3. The summed E-state index contributed by atoms with van der Waals surface area (Å²) < 4.78 is 0. The van der Waals surface area contributed by atoms with Crippen molar-refractivity contribution in [2.24, 2.45) is 0 Å². The van der Waals surface area contributed by atoms with Gasteiger partial charge in [-0.15, -0.1) is 0 Å². The van der Waals surface area contributed by atoms with Gasteiger partial charge in [-0.05, 0) is 50.9 Å². The molecule has 1 saturated heterocycles. The SMILES string of the molecule is CCNC1CCN(c2ccc(C)c(Cl)c2)C(C)C1. The highest BCUT2D eigenvalue weighted by Crippen LogP contribution is 2.28. The lowest BCUT2D eigenvalue weighted by molar-refractivity contribution is 0.374. The maximum Gasteiger partial charge on any atom is 0.0455 e. The van der Waals surface area contributed by atoms with Crippen molar-refractivity contribution < 1.29 is 0 Å². The van der Waals surface area contributed by atoms with Crippen molar-refractivity contribution in [3.05, 3.63) is 28.8 Å². The van der Waals surface area contributed by atoms with Crippen LogP contribution in [0, 0.1) is 6.92 Å². The molecule has 3 heteroatoms. The smallest absolute Gasteiger partial charge is 0.0455 e. The van der Waals surface area contributed by atoms with Gasteiger partial charge in [0.15, 0.2) is 0 Å². The quantitative estimate of drug-likeness (QED) is 0.899. The number of halogens is 1. The highest BCUT2D eigenvalue weighted by Gasteiger charge is 2.25. The van der Waals surface area contributed by atoms with Gasteiger partial charge in [0.05, 0.1) is 0 Å². The summed E-state index contributed by atoms with van der Waals surface area (Å²) in [4.78, 5) is 2.47. The molecular formula is C15H23ClN2. The standard InChI is InChI=1S/C15H23ClN2/c1-4-17-13-7-8-18(12(3)9-13)14-6-5-11(2)15(16)10-14/h5-6,10,12-13,17H,4,7-9H2,1-3H3. The molecule has 2 atom stereocenters. The second-order valence-corrected chi connectivity index (χ2v) is 5.66. The highest BCUT2D eigenvalue weighted by molar-refractivity contribution is 6.31. The van der Waals surface area contributed by atoms with Crippen LogP contribution in [-0.4, -0.2) is 25.2 Å². The fourth-order valence-electron chi connectivity index (χ4n) is 2.79. The lowest BCUT2D eigenvalue weighted by atomic mass is 9.97. The van der Waals surface area contributed by atoms with Gasteiger partial charge in [0.25, 0.3) is 0 Å². The molecule has 0 amide bonds. The molecule has 1 heterocycles. The highest BCUT2D eigenvalue weighted by atomic mass is 35.5. The van der Waals surface area contributed by atoms with E-state index in [9.17, 15) is 0 Å². The van der Waals surface area contributed by atoms with Crippen molar-refractivity contribution in [2.45, 2.75) is 45.7 Å². The number of nitrogens with one attached hydrogen (secondary N) is 1. The Kier molecular flexibility index (Phi) is 4.52. The molecule has 0 radical (unpaired) electrons. The van der Waals surface area contributed by atoms with E-state index < -0.39 is 0 Å². The molecule has 0 bridgehead atoms. The third-order valence-corrected chi connectivity index (χ3v) is 4.26. The Bertz CT molecular complexity index is 405. The van der Waals surface area contributed by atoms with Crippen LogP contribution in [0.5, 0.6) is 0 Å². The number of hydrogen-bond donors (Lipinski definition) is 1. The van der Waals surface area contributed by atoms with Gasteiger partial charge >= 0.3 is 0 Å². The summed E-state index contributed by atoms with van der Waals surface area (Å²) in [5, 5.41) is 4.42. The van der Waals surface area contributed by atoms with E-state index in [1.807, 2.05) is 6.92 Å². The molecular weight excluding hydrogens is 244 g/mol. The molecule has 2 unspecified atom stereocenters. The van der Waals surface area contributed by atoms with E-state index in [0.717, 1.165) is 23.7 Å².